The number of likely N-dealkylation sites (N-methyl/N-ethyl adjacent to an activating group) is 1. The van der Waals surface area contributed by atoms with Crippen LogP contribution in [0.1, 0.15) is 18.1 Å². The first kappa shape index (κ1) is 16.0. The molecule has 0 bridgehead atoms. The Balaban J connectivity index is 2.85. The molecular weight excluding hydrogens is 284 g/mol. The minimum Gasteiger partial charge on any atom is -0.395 e. The highest BCUT2D eigenvalue weighted by Gasteiger charge is 2.20. The maximum absolute atomic E-state index is 12.1. The molecule has 0 amide bonds. The van der Waals surface area contributed by atoms with Crippen LogP contribution in [-0.2, 0) is 15.8 Å². The van der Waals surface area contributed by atoms with Crippen LogP contribution in [-0.4, -0.2) is 42.5 Å². The summed E-state index contributed by atoms with van der Waals surface area (Å²) < 4.78 is 25.5. The van der Waals surface area contributed by atoms with Gasteiger partial charge in [-0.15, -0.1) is 0 Å². The summed E-state index contributed by atoms with van der Waals surface area (Å²) in [5.74, 6) is -0.0988. The van der Waals surface area contributed by atoms with E-state index in [1.807, 2.05) is 0 Å². The van der Waals surface area contributed by atoms with Crippen LogP contribution in [0.25, 0.3) is 0 Å². The van der Waals surface area contributed by atoms with E-state index in [9.17, 15) is 8.42 Å². The van der Waals surface area contributed by atoms with Gasteiger partial charge in [-0.3, -0.25) is 0 Å². The molecule has 0 fully saturated rings. The van der Waals surface area contributed by atoms with E-state index in [4.69, 9.17) is 23.1 Å². The quantitative estimate of drug-likeness (QED) is 0.715. The molecule has 0 radical (unpaired) electrons. The van der Waals surface area contributed by atoms with Crippen molar-refractivity contribution < 1.29 is 13.5 Å². The summed E-state index contributed by atoms with van der Waals surface area (Å²) in [6.45, 7) is 2.01. The Morgan fingerprint density at radius 2 is 1.95 bits per heavy atom. The Bertz CT molecular complexity index is 526. The number of aliphatic hydroxyl groups is 1. The molecule has 0 unspecified atom stereocenters. The SMILES string of the molecule is CCN(CCO)S(=O)(=O)Cc1ccc(C(N)=S)cc1. The zero-order valence-electron chi connectivity index (χ0n) is 10.7. The first-order chi connectivity index (χ1) is 8.90. The standard InChI is InChI=1S/C12H18N2O3S2/c1-2-14(7-8-15)19(16,17)9-10-3-5-11(6-4-10)12(13)18/h3-6,15H,2,7-9H2,1H3,(H2,13,18). The van der Waals surface area contributed by atoms with Crippen molar-refractivity contribution >= 4 is 27.2 Å². The molecule has 0 aliphatic heterocycles. The van der Waals surface area contributed by atoms with Gasteiger partial charge in [0, 0.05) is 18.7 Å². The average Bonchev–Trinajstić information content (AvgIpc) is 2.35. The van der Waals surface area contributed by atoms with Gasteiger partial charge in [0.1, 0.15) is 4.99 Å². The summed E-state index contributed by atoms with van der Waals surface area (Å²) in [4.78, 5) is 0.282. The lowest BCUT2D eigenvalue weighted by Crippen LogP contribution is -2.34. The lowest BCUT2D eigenvalue weighted by molar-refractivity contribution is 0.257. The Kier molecular flexibility index (Phi) is 5.86. The third-order valence-electron chi connectivity index (χ3n) is 2.68. The van der Waals surface area contributed by atoms with Crippen LogP contribution in [0.15, 0.2) is 24.3 Å². The maximum Gasteiger partial charge on any atom is 0.218 e. The number of sulfonamides is 1. The van der Waals surface area contributed by atoms with Crippen molar-refractivity contribution in [3.63, 3.8) is 0 Å². The monoisotopic (exact) mass is 302 g/mol. The Labute approximate surface area is 119 Å². The molecule has 0 saturated carbocycles. The smallest absolute Gasteiger partial charge is 0.218 e. The Morgan fingerprint density at radius 1 is 1.37 bits per heavy atom. The highest BCUT2D eigenvalue weighted by atomic mass is 32.2. The number of aliphatic hydroxyl groups excluding tert-OH is 1. The molecule has 3 N–H and O–H groups in total. The van der Waals surface area contributed by atoms with Gasteiger partial charge in [0.2, 0.25) is 10.0 Å². The van der Waals surface area contributed by atoms with Gasteiger partial charge < -0.3 is 10.8 Å². The molecule has 106 valence electrons. The van der Waals surface area contributed by atoms with E-state index in [-0.39, 0.29) is 23.9 Å². The summed E-state index contributed by atoms with van der Waals surface area (Å²) in [5, 5.41) is 8.86. The molecule has 0 spiro atoms. The van der Waals surface area contributed by atoms with E-state index in [2.05, 4.69) is 0 Å². The summed E-state index contributed by atoms with van der Waals surface area (Å²) in [6, 6.07) is 6.79. The summed E-state index contributed by atoms with van der Waals surface area (Å²) in [5.41, 5.74) is 6.85. The third-order valence-corrected chi connectivity index (χ3v) is 4.84. The predicted molar refractivity (Wildman–Crippen MR) is 79.3 cm³/mol. The van der Waals surface area contributed by atoms with E-state index >= 15 is 0 Å². The summed E-state index contributed by atoms with van der Waals surface area (Å²) >= 11 is 4.83. The number of nitrogens with two attached hydrogens (primary N) is 1. The Hall–Kier alpha value is -1.02. The number of thiocarbonyl (C=S) groups is 1. The van der Waals surface area contributed by atoms with Crippen LogP contribution in [0.5, 0.6) is 0 Å². The molecular formula is C12H18N2O3S2. The van der Waals surface area contributed by atoms with Gasteiger partial charge in [-0.2, -0.15) is 4.31 Å². The van der Waals surface area contributed by atoms with Gasteiger partial charge in [-0.1, -0.05) is 43.4 Å². The second-order valence-electron chi connectivity index (χ2n) is 4.03. The van der Waals surface area contributed by atoms with Crippen molar-refractivity contribution in [3.8, 4) is 0 Å². The predicted octanol–water partition coefficient (Wildman–Crippen LogP) is 0.465. The number of rotatable bonds is 7. The van der Waals surface area contributed by atoms with Gasteiger partial charge in [-0.05, 0) is 5.56 Å². The van der Waals surface area contributed by atoms with Crippen LogP contribution in [0.4, 0.5) is 0 Å². The fraction of sp³-hybridized carbons (Fsp3) is 0.417. The van der Waals surface area contributed by atoms with E-state index < -0.39 is 10.0 Å². The van der Waals surface area contributed by atoms with Crippen LogP contribution in [0.3, 0.4) is 0 Å². The minimum atomic E-state index is -3.41. The van der Waals surface area contributed by atoms with Crippen molar-refractivity contribution in [2.75, 3.05) is 19.7 Å². The lowest BCUT2D eigenvalue weighted by atomic mass is 10.1. The van der Waals surface area contributed by atoms with Gasteiger partial charge >= 0.3 is 0 Å². The lowest BCUT2D eigenvalue weighted by Gasteiger charge is -2.19. The highest BCUT2D eigenvalue weighted by Crippen LogP contribution is 2.12. The second kappa shape index (κ2) is 6.95. The molecule has 0 heterocycles. The molecule has 0 aliphatic carbocycles. The van der Waals surface area contributed by atoms with Crippen molar-refractivity contribution in [2.45, 2.75) is 12.7 Å². The van der Waals surface area contributed by atoms with Crippen molar-refractivity contribution in [2.24, 2.45) is 5.73 Å². The fourth-order valence-corrected chi connectivity index (χ4v) is 3.36. The third kappa shape index (κ3) is 4.54. The van der Waals surface area contributed by atoms with Crippen molar-refractivity contribution in [1.82, 2.24) is 4.31 Å². The summed E-state index contributed by atoms with van der Waals surface area (Å²) in [7, 11) is -3.41. The van der Waals surface area contributed by atoms with E-state index in [1.54, 1.807) is 31.2 Å². The topological polar surface area (TPSA) is 83.6 Å². The molecule has 1 aromatic carbocycles. The number of benzene rings is 1. The Morgan fingerprint density at radius 3 is 2.37 bits per heavy atom. The number of hydrogen-bond donors (Lipinski definition) is 2. The number of hydrogen-bond acceptors (Lipinski definition) is 4. The molecule has 5 nitrogen and oxygen atoms in total. The minimum absolute atomic E-state index is 0.0988. The molecule has 0 aromatic heterocycles. The van der Waals surface area contributed by atoms with Gasteiger partial charge in [0.15, 0.2) is 0 Å². The highest BCUT2D eigenvalue weighted by molar-refractivity contribution is 7.88. The van der Waals surface area contributed by atoms with Gasteiger partial charge in [-0.25, -0.2) is 8.42 Å². The molecule has 0 saturated heterocycles. The van der Waals surface area contributed by atoms with Crippen LogP contribution in [0.2, 0.25) is 0 Å². The van der Waals surface area contributed by atoms with Crippen LogP contribution in [0, 0.1) is 0 Å². The zero-order chi connectivity index (χ0) is 14.5. The normalized spacial score (nSPS) is 11.7. The maximum atomic E-state index is 12.1. The van der Waals surface area contributed by atoms with Crippen LogP contribution < -0.4 is 5.73 Å². The van der Waals surface area contributed by atoms with Crippen LogP contribution >= 0.6 is 12.2 Å². The first-order valence-electron chi connectivity index (χ1n) is 5.88. The molecule has 19 heavy (non-hydrogen) atoms. The van der Waals surface area contributed by atoms with Gasteiger partial charge in [0.05, 0.1) is 12.4 Å². The van der Waals surface area contributed by atoms with E-state index in [0.29, 0.717) is 17.7 Å². The molecule has 0 atom stereocenters. The van der Waals surface area contributed by atoms with Crippen molar-refractivity contribution in [1.29, 1.82) is 0 Å². The molecule has 1 aromatic rings. The van der Waals surface area contributed by atoms with Gasteiger partial charge in [0.25, 0.3) is 0 Å². The van der Waals surface area contributed by atoms with E-state index in [0.717, 1.165) is 0 Å². The molecule has 7 heteroatoms. The average molecular weight is 302 g/mol. The number of nitrogens with zero attached hydrogens (tertiary/aromatic N) is 1. The molecule has 1 rings (SSSR count). The fourth-order valence-electron chi connectivity index (χ4n) is 1.67. The largest absolute Gasteiger partial charge is 0.395 e. The first-order valence-corrected chi connectivity index (χ1v) is 7.90. The van der Waals surface area contributed by atoms with E-state index in [1.165, 1.54) is 4.31 Å². The van der Waals surface area contributed by atoms with Crippen molar-refractivity contribution in [3.05, 3.63) is 35.4 Å². The molecule has 0 aliphatic rings. The second-order valence-corrected chi connectivity index (χ2v) is 6.44. The zero-order valence-corrected chi connectivity index (χ0v) is 12.4. The summed E-state index contributed by atoms with van der Waals surface area (Å²) in [6.07, 6.45) is 0.